The van der Waals surface area contributed by atoms with E-state index in [0.29, 0.717) is 11.8 Å². The van der Waals surface area contributed by atoms with Crippen LogP contribution in [0.5, 0.6) is 5.75 Å². The summed E-state index contributed by atoms with van der Waals surface area (Å²) in [4.78, 5) is 10.7. The van der Waals surface area contributed by atoms with Crippen LogP contribution in [0.15, 0.2) is 95.5 Å². The SMILES string of the molecule is CC(C)c1cccc(C(C)C)c1-n1cc(-c2ccc3c(n2)-c2c(O)cccc2C(C)(C)C3(C)C)nc1-c1[c-]cc2oc3ccccc3c2c1.[Pt]. The minimum atomic E-state index is -0.223. The van der Waals surface area contributed by atoms with Crippen LogP contribution in [-0.2, 0) is 31.9 Å². The number of nitrogens with zero attached hydrogens (tertiary/aromatic N) is 3. The second-order valence-electron chi connectivity index (χ2n) is 15.2. The van der Waals surface area contributed by atoms with Crippen molar-refractivity contribution in [3.63, 3.8) is 0 Å². The third-order valence-corrected chi connectivity index (χ3v) is 11.2. The molecule has 3 heterocycles. The summed E-state index contributed by atoms with van der Waals surface area (Å²) in [7, 11) is 0. The zero-order chi connectivity index (χ0) is 34.4. The summed E-state index contributed by atoms with van der Waals surface area (Å²) in [5.41, 5.74) is 11.1. The number of hydrogen-bond acceptors (Lipinski definition) is 4. The molecule has 1 N–H and O–H groups in total. The Hall–Kier alpha value is -4.47. The Kier molecular flexibility index (Phi) is 8.22. The number of aromatic hydroxyl groups is 1. The fraction of sp³-hybridized carbons (Fsp3) is 0.273. The largest absolute Gasteiger partial charge is 0.507 e. The van der Waals surface area contributed by atoms with Crippen LogP contribution in [-0.4, -0.2) is 19.6 Å². The molecule has 256 valence electrons. The van der Waals surface area contributed by atoms with E-state index in [4.69, 9.17) is 14.4 Å². The van der Waals surface area contributed by atoms with E-state index < -0.39 is 0 Å². The smallest absolute Gasteiger partial charge is 0.125 e. The predicted molar refractivity (Wildman–Crippen MR) is 200 cm³/mol. The molecule has 0 saturated heterocycles. The van der Waals surface area contributed by atoms with E-state index in [9.17, 15) is 5.11 Å². The number of para-hydroxylation sites is 2. The number of benzene rings is 4. The summed E-state index contributed by atoms with van der Waals surface area (Å²) < 4.78 is 8.42. The third-order valence-electron chi connectivity index (χ3n) is 11.2. The number of phenolic OH excluding ortho intramolecular Hbond substituents is 1. The van der Waals surface area contributed by atoms with Gasteiger partial charge in [-0.25, -0.2) is 4.98 Å². The van der Waals surface area contributed by atoms with Crippen molar-refractivity contribution in [3.8, 4) is 45.5 Å². The van der Waals surface area contributed by atoms with Crippen LogP contribution in [0, 0.1) is 6.07 Å². The molecular formula is C44H42N3O2Pt-. The zero-order valence-corrected chi connectivity index (χ0v) is 32.1. The topological polar surface area (TPSA) is 64.1 Å². The van der Waals surface area contributed by atoms with Gasteiger partial charge in [-0.2, -0.15) is 0 Å². The number of furan rings is 1. The Balaban J connectivity index is 0.00000392. The Morgan fingerprint density at radius 2 is 1.40 bits per heavy atom. The molecule has 0 amide bonds. The maximum Gasteiger partial charge on any atom is 0.125 e. The number of aromatic nitrogens is 3. The van der Waals surface area contributed by atoms with Gasteiger partial charge in [0.1, 0.15) is 11.3 Å². The van der Waals surface area contributed by atoms with Gasteiger partial charge < -0.3 is 14.1 Å². The molecule has 0 spiro atoms. The maximum absolute atomic E-state index is 11.3. The molecule has 0 unspecified atom stereocenters. The first-order valence-electron chi connectivity index (χ1n) is 17.3. The van der Waals surface area contributed by atoms with Gasteiger partial charge >= 0.3 is 0 Å². The maximum atomic E-state index is 11.3. The van der Waals surface area contributed by atoms with E-state index >= 15 is 0 Å². The van der Waals surface area contributed by atoms with Gasteiger partial charge in [0.15, 0.2) is 0 Å². The van der Waals surface area contributed by atoms with Gasteiger partial charge in [0.2, 0.25) is 0 Å². The van der Waals surface area contributed by atoms with Gasteiger partial charge in [0.05, 0.1) is 28.5 Å². The van der Waals surface area contributed by atoms with Crippen LogP contribution in [0.1, 0.15) is 89.5 Å². The van der Waals surface area contributed by atoms with E-state index in [1.165, 1.54) is 11.1 Å². The molecule has 7 aromatic rings. The van der Waals surface area contributed by atoms with Crippen molar-refractivity contribution in [2.75, 3.05) is 0 Å². The predicted octanol–water partition coefficient (Wildman–Crippen LogP) is 11.5. The summed E-state index contributed by atoms with van der Waals surface area (Å²) in [6, 6.07) is 32.5. The molecule has 1 aliphatic rings. The average molecular weight is 840 g/mol. The first-order chi connectivity index (χ1) is 23.4. The van der Waals surface area contributed by atoms with Gasteiger partial charge in [-0.05, 0) is 57.7 Å². The number of phenols is 1. The molecule has 50 heavy (non-hydrogen) atoms. The summed E-state index contributed by atoms with van der Waals surface area (Å²) in [6.07, 6.45) is 2.13. The van der Waals surface area contributed by atoms with Gasteiger partial charge in [0, 0.05) is 49.3 Å². The molecule has 0 saturated carbocycles. The molecule has 0 aliphatic heterocycles. The summed E-state index contributed by atoms with van der Waals surface area (Å²) in [6.45, 7) is 18.0. The zero-order valence-electron chi connectivity index (χ0n) is 29.8. The Labute approximate surface area is 308 Å². The second-order valence-corrected chi connectivity index (χ2v) is 15.2. The molecule has 0 bridgehead atoms. The van der Waals surface area contributed by atoms with E-state index in [-0.39, 0.29) is 37.6 Å². The molecule has 6 heteroatoms. The third kappa shape index (κ3) is 5.00. The van der Waals surface area contributed by atoms with Gasteiger partial charge in [-0.15, -0.1) is 23.8 Å². The van der Waals surface area contributed by atoms with E-state index in [1.807, 2.05) is 30.3 Å². The van der Waals surface area contributed by atoms with Gasteiger partial charge in [0.25, 0.3) is 0 Å². The Bertz CT molecular complexity index is 2400. The van der Waals surface area contributed by atoms with Crippen LogP contribution in [0.2, 0.25) is 0 Å². The molecule has 4 aromatic carbocycles. The minimum absolute atomic E-state index is 0. The fourth-order valence-corrected chi connectivity index (χ4v) is 7.73. The monoisotopic (exact) mass is 839 g/mol. The number of hydrogen-bond donors (Lipinski definition) is 1. The summed E-state index contributed by atoms with van der Waals surface area (Å²) in [5, 5.41) is 13.3. The van der Waals surface area contributed by atoms with Crippen LogP contribution in [0.25, 0.3) is 61.7 Å². The number of imidazole rings is 1. The van der Waals surface area contributed by atoms with Crippen molar-refractivity contribution in [2.45, 2.75) is 78.1 Å². The minimum Gasteiger partial charge on any atom is -0.507 e. The number of rotatable bonds is 5. The first-order valence-corrected chi connectivity index (χ1v) is 17.3. The van der Waals surface area contributed by atoms with E-state index in [1.54, 1.807) is 6.07 Å². The van der Waals surface area contributed by atoms with Crippen LogP contribution in [0.4, 0.5) is 0 Å². The second kappa shape index (κ2) is 12.1. The van der Waals surface area contributed by atoms with Crippen molar-refractivity contribution >= 4 is 21.9 Å². The normalized spacial score (nSPS) is 14.6. The standard InChI is InChI=1S/C44H42N3O2.Pt/c1-25(2)28-14-11-15-29(26(3)4)41(28)47-24-35(46-42(47)27-19-22-38-31(23-27)30-13-9-10-18-37(30)49-38)34-21-20-33-40(45-34)39-32(16-12-17-36(39)48)43(5,6)44(33,7)8;/h9-18,20-26,48H,1-8H3;/q-1;. The average Bonchev–Trinajstić information content (AvgIpc) is 3.69. The molecule has 8 rings (SSSR count). The molecule has 5 nitrogen and oxygen atoms in total. The van der Waals surface area contributed by atoms with Gasteiger partial charge in [-0.3, -0.25) is 4.98 Å². The molecule has 0 radical (unpaired) electrons. The number of fused-ring (bicyclic) bond motifs is 6. The number of pyridine rings is 1. The van der Waals surface area contributed by atoms with Crippen molar-refractivity contribution in [1.82, 2.24) is 14.5 Å². The van der Waals surface area contributed by atoms with Crippen molar-refractivity contribution in [3.05, 3.63) is 119 Å². The summed E-state index contributed by atoms with van der Waals surface area (Å²) in [5.74, 6) is 1.63. The first kappa shape index (κ1) is 34.0. The van der Waals surface area contributed by atoms with Crippen LogP contribution < -0.4 is 0 Å². The van der Waals surface area contributed by atoms with Gasteiger partial charge in [-0.1, -0.05) is 115 Å². The Morgan fingerprint density at radius 1 is 0.720 bits per heavy atom. The summed E-state index contributed by atoms with van der Waals surface area (Å²) >= 11 is 0. The van der Waals surface area contributed by atoms with Crippen molar-refractivity contribution in [2.24, 2.45) is 0 Å². The Morgan fingerprint density at radius 3 is 2.12 bits per heavy atom. The van der Waals surface area contributed by atoms with E-state index in [0.717, 1.165) is 72.8 Å². The van der Waals surface area contributed by atoms with Crippen LogP contribution >= 0.6 is 0 Å². The van der Waals surface area contributed by atoms with Crippen molar-refractivity contribution in [1.29, 1.82) is 0 Å². The molecular weight excluding hydrogens is 798 g/mol. The molecule has 0 atom stereocenters. The molecule has 3 aromatic heterocycles. The quantitative estimate of drug-likeness (QED) is 0.175. The fourth-order valence-electron chi connectivity index (χ4n) is 7.73. The van der Waals surface area contributed by atoms with Crippen LogP contribution in [0.3, 0.4) is 0 Å². The van der Waals surface area contributed by atoms with E-state index in [2.05, 4.69) is 121 Å². The van der Waals surface area contributed by atoms with Crippen molar-refractivity contribution < 1.29 is 30.6 Å². The molecule has 1 aliphatic carbocycles. The molecule has 0 fully saturated rings.